The van der Waals surface area contributed by atoms with Gasteiger partial charge in [-0.15, -0.1) is 0 Å². The maximum Gasteiger partial charge on any atom is 0.214 e. The first kappa shape index (κ1) is 11.2. The average molecular weight is 204 g/mol. The van der Waals surface area contributed by atoms with Crippen LogP contribution in [0.25, 0.3) is 0 Å². The molecule has 7 nitrogen and oxygen atoms in total. The van der Waals surface area contributed by atoms with Crippen LogP contribution in [0.5, 0.6) is 0 Å². The van der Waals surface area contributed by atoms with Crippen molar-refractivity contribution in [2.24, 2.45) is 5.11 Å². The Labute approximate surface area is 81.2 Å². The van der Waals surface area contributed by atoms with Crippen LogP contribution in [-0.4, -0.2) is 50.5 Å². The van der Waals surface area contributed by atoms with E-state index < -0.39 is 24.5 Å². The van der Waals surface area contributed by atoms with E-state index in [-0.39, 0.29) is 6.61 Å². The SMILES string of the molecule is COC1OCC(N=[N+]=N)C(OC)C1O. The Morgan fingerprint density at radius 2 is 2.21 bits per heavy atom. The first-order valence-electron chi connectivity index (χ1n) is 4.16. The van der Waals surface area contributed by atoms with Crippen LogP contribution in [0, 0.1) is 5.53 Å². The standard InChI is InChI=1S/C7H14N3O4/c1-12-6-4(9-10-8)3-14-7(13-2)5(6)11/h4-8,11H,3H2,1-2H3/q+1. The van der Waals surface area contributed by atoms with Crippen LogP contribution in [0.4, 0.5) is 0 Å². The van der Waals surface area contributed by atoms with Gasteiger partial charge >= 0.3 is 0 Å². The number of methoxy groups -OCH3 is 2. The zero-order valence-electron chi connectivity index (χ0n) is 8.08. The molecule has 14 heavy (non-hydrogen) atoms. The number of aliphatic hydroxyl groups excluding tert-OH is 1. The van der Waals surface area contributed by atoms with Gasteiger partial charge in [0.05, 0.1) is 6.61 Å². The molecule has 0 bridgehead atoms. The molecule has 0 saturated carbocycles. The Kier molecular flexibility index (Phi) is 4.12. The fourth-order valence-electron chi connectivity index (χ4n) is 1.45. The van der Waals surface area contributed by atoms with Gasteiger partial charge in [-0.1, -0.05) is 0 Å². The van der Waals surface area contributed by atoms with Gasteiger partial charge in [-0.05, 0) is 0 Å². The normalized spacial score (nSPS) is 37.6. The van der Waals surface area contributed by atoms with Crippen molar-refractivity contribution in [3.63, 3.8) is 0 Å². The van der Waals surface area contributed by atoms with Crippen molar-refractivity contribution >= 4 is 0 Å². The van der Waals surface area contributed by atoms with E-state index in [4.69, 9.17) is 19.7 Å². The predicted octanol–water partition coefficient (Wildman–Crippen LogP) is -0.716. The van der Waals surface area contributed by atoms with Crippen molar-refractivity contribution in [3.05, 3.63) is 0 Å². The van der Waals surface area contributed by atoms with Gasteiger partial charge in [0.2, 0.25) is 4.91 Å². The number of rotatable bonds is 3. The molecular formula is C7H14N3O4+. The van der Waals surface area contributed by atoms with Gasteiger partial charge in [0.1, 0.15) is 22.9 Å². The summed E-state index contributed by atoms with van der Waals surface area (Å²) in [5.41, 5.74) is 6.60. The highest BCUT2D eigenvalue weighted by Crippen LogP contribution is 2.20. The van der Waals surface area contributed by atoms with Crippen molar-refractivity contribution < 1.29 is 19.3 Å². The maximum absolute atomic E-state index is 9.69. The Morgan fingerprint density at radius 1 is 1.50 bits per heavy atom. The van der Waals surface area contributed by atoms with Gasteiger partial charge in [-0.25, -0.2) is 0 Å². The molecule has 0 amide bonds. The Bertz CT molecular complexity index is 231. The molecule has 80 valence electrons. The number of hydrogen-bond donors (Lipinski definition) is 2. The highest BCUT2D eigenvalue weighted by Gasteiger charge is 2.42. The molecule has 0 aromatic heterocycles. The molecule has 1 heterocycles. The molecule has 0 aromatic rings. The van der Waals surface area contributed by atoms with Gasteiger partial charge in [0, 0.05) is 14.2 Å². The molecule has 4 unspecified atom stereocenters. The topological polar surface area (TPSA) is 98.2 Å². The molecule has 4 atom stereocenters. The van der Waals surface area contributed by atoms with Gasteiger partial charge in [-0.2, -0.15) is 0 Å². The molecular weight excluding hydrogens is 190 g/mol. The smallest absolute Gasteiger partial charge is 0.214 e. The first-order chi connectivity index (χ1) is 6.74. The summed E-state index contributed by atoms with van der Waals surface area (Å²) >= 11 is 0. The summed E-state index contributed by atoms with van der Waals surface area (Å²) in [6.45, 7) is 0.219. The maximum atomic E-state index is 9.69. The van der Waals surface area contributed by atoms with Crippen LogP contribution in [0.1, 0.15) is 0 Å². The summed E-state index contributed by atoms with van der Waals surface area (Å²) in [4.78, 5) is 2.91. The van der Waals surface area contributed by atoms with Crippen LogP contribution in [-0.2, 0) is 14.2 Å². The van der Waals surface area contributed by atoms with E-state index in [1.807, 2.05) is 0 Å². The molecule has 7 heteroatoms. The third-order valence-electron chi connectivity index (χ3n) is 2.14. The van der Waals surface area contributed by atoms with E-state index in [1.165, 1.54) is 14.2 Å². The van der Waals surface area contributed by atoms with Crippen LogP contribution in [0.15, 0.2) is 5.11 Å². The molecule has 1 rings (SSSR count). The third-order valence-corrected chi connectivity index (χ3v) is 2.14. The monoisotopic (exact) mass is 204 g/mol. The van der Waals surface area contributed by atoms with Crippen LogP contribution in [0.2, 0.25) is 0 Å². The molecule has 0 aromatic carbocycles. The second-order valence-electron chi connectivity index (χ2n) is 2.91. The summed E-state index contributed by atoms with van der Waals surface area (Å²) < 4.78 is 15.1. The molecule has 2 N–H and O–H groups in total. The fraction of sp³-hybridized carbons (Fsp3) is 1.00. The zero-order chi connectivity index (χ0) is 10.6. The number of nitrogens with zero attached hydrogens (tertiary/aromatic N) is 2. The Morgan fingerprint density at radius 3 is 2.71 bits per heavy atom. The molecule has 0 aliphatic carbocycles. The van der Waals surface area contributed by atoms with Crippen LogP contribution < -0.4 is 4.91 Å². The van der Waals surface area contributed by atoms with Crippen LogP contribution in [0.3, 0.4) is 0 Å². The lowest BCUT2D eigenvalue weighted by molar-refractivity contribution is -0.242. The summed E-state index contributed by atoms with van der Waals surface area (Å²) in [6, 6.07) is -0.459. The van der Waals surface area contributed by atoms with Gasteiger partial charge in [0.25, 0.3) is 0 Å². The lowest BCUT2D eigenvalue weighted by Gasteiger charge is -2.34. The lowest BCUT2D eigenvalue weighted by Crippen LogP contribution is -2.53. The summed E-state index contributed by atoms with van der Waals surface area (Å²) in [6.07, 6.45) is -2.19. The number of ether oxygens (including phenoxy) is 3. The van der Waals surface area contributed by atoms with E-state index in [2.05, 4.69) is 10.0 Å². The van der Waals surface area contributed by atoms with Crippen molar-refractivity contribution in [2.75, 3.05) is 20.8 Å². The Hall–Kier alpha value is -0.850. The van der Waals surface area contributed by atoms with Gasteiger partial charge in [-0.3, -0.25) is 0 Å². The van der Waals surface area contributed by atoms with Gasteiger partial charge in [0.15, 0.2) is 12.3 Å². The van der Waals surface area contributed by atoms with Crippen LogP contribution >= 0.6 is 0 Å². The lowest BCUT2D eigenvalue weighted by atomic mass is 10.0. The molecule has 1 saturated heterocycles. The van der Waals surface area contributed by atoms with Crippen molar-refractivity contribution in [2.45, 2.75) is 24.5 Å². The minimum absolute atomic E-state index is 0.219. The summed E-state index contributed by atoms with van der Waals surface area (Å²) in [7, 11) is 2.89. The van der Waals surface area contributed by atoms with E-state index >= 15 is 0 Å². The molecule has 1 aliphatic rings. The molecule has 1 aliphatic heterocycles. The molecule has 0 spiro atoms. The van der Waals surface area contributed by atoms with Crippen molar-refractivity contribution in [1.82, 2.24) is 4.91 Å². The quantitative estimate of drug-likeness (QED) is 0.468. The van der Waals surface area contributed by atoms with E-state index in [0.29, 0.717) is 0 Å². The first-order valence-corrected chi connectivity index (χ1v) is 4.16. The summed E-state index contributed by atoms with van der Waals surface area (Å²) in [5.74, 6) is 0. The summed E-state index contributed by atoms with van der Waals surface area (Å²) in [5, 5.41) is 13.3. The third kappa shape index (κ3) is 2.14. The van der Waals surface area contributed by atoms with E-state index in [0.717, 1.165) is 0 Å². The van der Waals surface area contributed by atoms with Gasteiger partial charge < -0.3 is 19.3 Å². The largest absolute Gasteiger partial charge is 0.385 e. The highest BCUT2D eigenvalue weighted by molar-refractivity contribution is 4.87. The minimum Gasteiger partial charge on any atom is -0.385 e. The second-order valence-corrected chi connectivity index (χ2v) is 2.91. The minimum atomic E-state index is -0.922. The Balaban J connectivity index is 2.71. The number of nitrogens with one attached hydrogen (secondary N) is 1. The number of aliphatic hydroxyl groups is 1. The molecule has 1 fully saturated rings. The van der Waals surface area contributed by atoms with Crippen molar-refractivity contribution in [1.29, 1.82) is 5.53 Å². The zero-order valence-corrected chi connectivity index (χ0v) is 8.08. The highest BCUT2D eigenvalue weighted by atomic mass is 16.7. The molecule has 0 radical (unpaired) electrons. The predicted molar refractivity (Wildman–Crippen MR) is 44.6 cm³/mol. The second kappa shape index (κ2) is 5.14. The van der Waals surface area contributed by atoms with E-state index in [9.17, 15) is 5.11 Å². The van der Waals surface area contributed by atoms with Crippen molar-refractivity contribution in [3.8, 4) is 0 Å². The van der Waals surface area contributed by atoms with E-state index in [1.54, 1.807) is 0 Å². The fourth-order valence-corrected chi connectivity index (χ4v) is 1.45. The number of hydrogen-bond acceptors (Lipinski definition) is 6. The average Bonchev–Trinajstić information content (AvgIpc) is 2.19.